The number of hydrogen-bond donors (Lipinski definition) is 1. The van der Waals surface area contributed by atoms with Crippen molar-refractivity contribution in [3.8, 4) is 0 Å². The van der Waals surface area contributed by atoms with Gasteiger partial charge in [0.05, 0.1) is 23.2 Å². The summed E-state index contributed by atoms with van der Waals surface area (Å²) in [4.78, 5) is 0. The van der Waals surface area contributed by atoms with Crippen molar-refractivity contribution in [3.63, 3.8) is 0 Å². The zero-order valence-corrected chi connectivity index (χ0v) is 12.3. The highest BCUT2D eigenvalue weighted by Crippen LogP contribution is 2.32. The van der Waals surface area contributed by atoms with Gasteiger partial charge < -0.3 is 5.32 Å². The van der Waals surface area contributed by atoms with Crippen molar-refractivity contribution in [2.45, 2.75) is 38.6 Å². The van der Waals surface area contributed by atoms with Crippen LogP contribution in [0.3, 0.4) is 0 Å². The summed E-state index contributed by atoms with van der Waals surface area (Å²) in [6, 6.07) is 0.0341. The first-order chi connectivity index (χ1) is 8.98. The predicted molar refractivity (Wildman–Crippen MR) is 74.2 cm³/mol. The van der Waals surface area contributed by atoms with Gasteiger partial charge in [-0.25, -0.2) is 8.42 Å². The number of aromatic nitrogens is 2. The molecule has 2 unspecified atom stereocenters. The first-order valence-electron chi connectivity index (χ1n) is 6.94. The normalized spacial score (nSPS) is 30.0. The molecule has 0 radical (unpaired) electrons. The molecule has 2 aliphatic rings. The van der Waals surface area contributed by atoms with Crippen LogP contribution < -0.4 is 5.32 Å². The molecule has 1 N–H and O–H groups in total. The Bertz CT molecular complexity index is 585. The number of sulfone groups is 1. The number of nitrogens with one attached hydrogen (secondary N) is 1. The minimum Gasteiger partial charge on any atom is -0.316 e. The van der Waals surface area contributed by atoms with Gasteiger partial charge in [0, 0.05) is 23.7 Å². The molecule has 1 aromatic rings. The summed E-state index contributed by atoms with van der Waals surface area (Å²) in [7, 11) is -2.86. The molecule has 106 valence electrons. The van der Waals surface area contributed by atoms with Gasteiger partial charge in [0.15, 0.2) is 9.84 Å². The average Bonchev–Trinajstić information content (AvgIpc) is 3.00. The highest BCUT2D eigenvalue weighted by atomic mass is 32.2. The summed E-state index contributed by atoms with van der Waals surface area (Å²) in [6.45, 7) is 6.20. The van der Waals surface area contributed by atoms with Crippen LogP contribution in [0.25, 0.3) is 0 Å². The van der Waals surface area contributed by atoms with Crippen LogP contribution in [0.1, 0.15) is 41.8 Å². The zero-order valence-electron chi connectivity index (χ0n) is 11.5. The van der Waals surface area contributed by atoms with E-state index in [1.165, 1.54) is 5.56 Å². The Morgan fingerprint density at radius 2 is 2.11 bits per heavy atom. The van der Waals surface area contributed by atoms with Crippen LogP contribution in [0.5, 0.6) is 0 Å². The molecule has 0 spiro atoms. The Kier molecular flexibility index (Phi) is 3.17. The topological polar surface area (TPSA) is 64.0 Å². The molecule has 1 aromatic heterocycles. The maximum absolute atomic E-state index is 11.6. The van der Waals surface area contributed by atoms with Crippen LogP contribution in [0.2, 0.25) is 0 Å². The molecule has 0 bridgehead atoms. The predicted octanol–water partition coefficient (Wildman–Crippen LogP) is 0.936. The van der Waals surface area contributed by atoms with E-state index in [0.29, 0.717) is 18.1 Å². The van der Waals surface area contributed by atoms with E-state index in [-0.39, 0.29) is 11.8 Å². The van der Waals surface area contributed by atoms with Crippen molar-refractivity contribution in [3.05, 3.63) is 17.0 Å². The second-order valence-electron chi connectivity index (χ2n) is 5.78. The van der Waals surface area contributed by atoms with E-state index in [0.717, 1.165) is 30.9 Å². The largest absolute Gasteiger partial charge is 0.316 e. The molecule has 19 heavy (non-hydrogen) atoms. The minimum absolute atomic E-state index is 0.0341. The fraction of sp³-hybridized carbons (Fsp3) is 0.769. The first kappa shape index (κ1) is 13.1. The second kappa shape index (κ2) is 4.59. The third-order valence-corrected chi connectivity index (χ3v) is 6.15. The molecule has 0 amide bonds. The summed E-state index contributed by atoms with van der Waals surface area (Å²) in [5.41, 5.74) is 3.55. The molecule has 2 saturated heterocycles. The number of hydrogen-bond acceptors (Lipinski definition) is 4. The van der Waals surface area contributed by atoms with Gasteiger partial charge in [-0.15, -0.1) is 0 Å². The fourth-order valence-corrected chi connectivity index (χ4v) is 5.18. The summed E-state index contributed by atoms with van der Waals surface area (Å²) in [5, 5.41) is 8.01. The van der Waals surface area contributed by atoms with Gasteiger partial charge in [-0.05, 0) is 33.2 Å². The Morgan fingerprint density at radius 3 is 2.68 bits per heavy atom. The van der Waals surface area contributed by atoms with Crippen LogP contribution in [0.4, 0.5) is 0 Å². The lowest BCUT2D eigenvalue weighted by Crippen LogP contribution is -2.14. The molecular weight excluding hydrogens is 262 g/mol. The Balaban J connectivity index is 1.93. The van der Waals surface area contributed by atoms with Gasteiger partial charge in [-0.1, -0.05) is 0 Å². The van der Waals surface area contributed by atoms with Gasteiger partial charge in [0.1, 0.15) is 0 Å². The Morgan fingerprint density at radius 1 is 1.32 bits per heavy atom. The van der Waals surface area contributed by atoms with E-state index < -0.39 is 9.84 Å². The SMILES string of the molecule is Cc1nn(C2CCS(=O)(=O)C2)c(C)c1C1CCNC1. The summed E-state index contributed by atoms with van der Waals surface area (Å²) in [6.07, 6.45) is 1.85. The van der Waals surface area contributed by atoms with E-state index in [1.807, 2.05) is 11.6 Å². The molecule has 0 aliphatic carbocycles. The van der Waals surface area contributed by atoms with E-state index in [9.17, 15) is 8.42 Å². The molecule has 6 heteroatoms. The van der Waals surface area contributed by atoms with Crippen LogP contribution >= 0.6 is 0 Å². The zero-order chi connectivity index (χ0) is 13.6. The van der Waals surface area contributed by atoms with Crippen LogP contribution in [0.15, 0.2) is 0 Å². The summed E-state index contributed by atoms with van der Waals surface area (Å²) < 4.78 is 25.2. The lowest BCUT2D eigenvalue weighted by atomic mass is 9.96. The van der Waals surface area contributed by atoms with Gasteiger partial charge in [-0.3, -0.25) is 4.68 Å². The summed E-state index contributed by atoms with van der Waals surface area (Å²) >= 11 is 0. The van der Waals surface area contributed by atoms with Crippen molar-refractivity contribution in [2.75, 3.05) is 24.6 Å². The molecule has 5 nitrogen and oxygen atoms in total. The van der Waals surface area contributed by atoms with Crippen LogP contribution in [0, 0.1) is 13.8 Å². The Labute approximate surface area is 114 Å². The molecule has 2 atom stereocenters. The minimum atomic E-state index is -2.86. The first-order valence-corrected chi connectivity index (χ1v) is 8.77. The van der Waals surface area contributed by atoms with Gasteiger partial charge >= 0.3 is 0 Å². The number of rotatable bonds is 2. The third kappa shape index (κ3) is 2.31. The fourth-order valence-electron chi connectivity index (χ4n) is 3.49. The number of aryl methyl sites for hydroxylation is 1. The quantitative estimate of drug-likeness (QED) is 0.877. The molecule has 0 saturated carbocycles. The van der Waals surface area contributed by atoms with Crippen molar-refractivity contribution in [1.29, 1.82) is 0 Å². The lowest BCUT2D eigenvalue weighted by molar-refractivity contribution is 0.485. The smallest absolute Gasteiger partial charge is 0.152 e. The lowest BCUT2D eigenvalue weighted by Gasteiger charge is -2.13. The molecule has 0 aromatic carbocycles. The third-order valence-electron chi connectivity index (χ3n) is 4.40. The summed E-state index contributed by atoms with van der Waals surface area (Å²) in [5.74, 6) is 1.08. The molecule has 3 heterocycles. The van der Waals surface area contributed by atoms with Crippen molar-refractivity contribution in [2.24, 2.45) is 0 Å². The van der Waals surface area contributed by atoms with E-state index >= 15 is 0 Å². The van der Waals surface area contributed by atoms with Crippen molar-refractivity contribution in [1.82, 2.24) is 15.1 Å². The average molecular weight is 283 g/mol. The van der Waals surface area contributed by atoms with Crippen LogP contribution in [-0.2, 0) is 9.84 Å². The van der Waals surface area contributed by atoms with E-state index in [4.69, 9.17) is 0 Å². The monoisotopic (exact) mass is 283 g/mol. The highest BCUT2D eigenvalue weighted by molar-refractivity contribution is 7.91. The molecule has 2 fully saturated rings. The van der Waals surface area contributed by atoms with Crippen molar-refractivity contribution < 1.29 is 8.42 Å². The van der Waals surface area contributed by atoms with E-state index in [1.54, 1.807) is 0 Å². The van der Waals surface area contributed by atoms with Gasteiger partial charge in [0.25, 0.3) is 0 Å². The standard InChI is InChI=1S/C13H21N3O2S/c1-9-13(11-3-5-14-7-11)10(2)16(15-9)12-4-6-19(17,18)8-12/h11-12,14H,3-8H2,1-2H3. The molecule has 3 rings (SSSR count). The maximum atomic E-state index is 11.6. The second-order valence-corrected chi connectivity index (χ2v) is 8.00. The Hall–Kier alpha value is -0.880. The van der Waals surface area contributed by atoms with Gasteiger partial charge in [-0.2, -0.15) is 5.10 Å². The molecular formula is C13H21N3O2S. The van der Waals surface area contributed by atoms with Crippen molar-refractivity contribution >= 4 is 9.84 Å². The highest BCUT2D eigenvalue weighted by Gasteiger charge is 2.32. The molecule has 2 aliphatic heterocycles. The maximum Gasteiger partial charge on any atom is 0.152 e. The van der Waals surface area contributed by atoms with Crippen LogP contribution in [-0.4, -0.2) is 42.8 Å². The van der Waals surface area contributed by atoms with E-state index in [2.05, 4.69) is 17.3 Å². The van der Waals surface area contributed by atoms with Gasteiger partial charge in [0.2, 0.25) is 0 Å². The number of nitrogens with zero attached hydrogens (tertiary/aromatic N) is 2.